The van der Waals surface area contributed by atoms with Crippen LogP contribution >= 0.6 is 0 Å². The van der Waals surface area contributed by atoms with Gasteiger partial charge in [-0.1, -0.05) is 295 Å². The van der Waals surface area contributed by atoms with Gasteiger partial charge in [-0.25, -0.2) is 0 Å². The first-order chi connectivity index (χ1) is 34.0. The largest absolute Gasteiger partial charge is 0.466 e. The van der Waals surface area contributed by atoms with Crippen LogP contribution in [0.3, 0.4) is 0 Å². The SMILES string of the molecule is CCCCCC/C=C\CCCCCCCC(=O)OCCCCCCCCCCCCCCCCCCCCC(=O)NC(CO)C(O)/C=C/CCCCCCCCCCCCCCCCCCCCC. The second kappa shape index (κ2) is 58.9. The Kier molecular flexibility index (Phi) is 57.5. The number of carbonyl (C=O) groups excluding carboxylic acids is 2. The maximum absolute atomic E-state index is 12.5. The van der Waals surface area contributed by atoms with Crippen molar-refractivity contribution in [1.82, 2.24) is 5.32 Å². The van der Waals surface area contributed by atoms with Crippen LogP contribution in [0.1, 0.15) is 341 Å². The van der Waals surface area contributed by atoms with Gasteiger partial charge in [0.1, 0.15) is 0 Å². The zero-order valence-electron chi connectivity index (χ0n) is 46.6. The van der Waals surface area contributed by atoms with Crippen LogP contribution in [0.4, 0.5) is 0 Å². The van der Waals surface area contributed by atoms with E-state index in [1.807, 2.05) is 6.08 Å². The highest BCUT2D eigenvalue weighted by atomic mass is 16.5. The molecule has 0 aromatic carbocycles. The third-order valence-corrected chi connectivity index (χ3v) is 14.5. The van der Waals surface area contributed by atoms with Crippen molar-refractivity contribution in [2.24, 2.45) is 0 Å². The number of unbranched alkanes of at least 4 members (excludes halogenated alkanes) is 45. The summed E-state index contributed by atoms with van der Waals surface area (Å²) >= 11 is 0. The highest BCUT2D eigenvalue weighted by molar-refractivity contribution is 5.76. The predicted molar refractivity (Wildman–Crippen MR) is 301 cm³/mol. The van der Waals surface area contributed by atoms with Crippen molar-refractivity contribution in [3.63, 3.8) is 0 Å². The monoisotopic (exact) mass is 972 g/mol. The Balaban J connectivity index is 3.44. The number of nitrogens with one attached hydrogen (secondary N) is 1. The Morgan fingerprint density at radius 3 is 1.04 bits per heavy atom. The molecule has 6 heteroatoms. The van der Waals surface area contributed by atoms with E-state index >= 15 is 0 Å². The van der Waals surface area contributed by atoms with E-state index in [4.69, 9.17) is 4.74 Å². The van der Waals surface area contributed by atoms with Crippen molar-refractivity contribution in [3.05, 3.63) is 24.3 Å². The Morgan fingerprint density at radius 2 is 0.681 bits per heavy atom. The average Bonchev–Trinajstić information content (AvgIpc) is 3.35. The summed E-state index contributed by atoms with van der Waals surface area (Å²) in [6, 6.07) is -0.632. The van der Waals surface area contributed by atoms with E-state index in [-0.39, 0.29) is 18.5 Å². The van der Waals surface area contributed by atoms with Crippen LogP contribution in [0, 0.1) is 0 Å². The number of hydrogen-bond acceptors (Lipinski definition) is 5. The summed E-state index contributed by atoms with van der Waals surface area (Å²) in [4.78, 5) is 24.5. The Morgan fingerprint density at radius 1 is 0.391 bits per heavy atom. The molecular weight excluding hydrogens is 851 g/mol. The Labute approximate surface area is 431 Å². The third-order valence-electron chi connectivity index (χ3n) is 14.5. The van der Waals surface area contributed by atoms with Crippen LogP contribution in [0.5, 0.6) is 0 Å². The molecule has 1 amide bonds. The molecule has 0 aromatic heterocycles. The smallest absolute Gasteiger partial charge is 0.305 e. The first-order valence-corrected chi connectivity index (χ1v) is 31.1. The fourth-order valence-corrected chi connectivity index (χ4v) is 9.69. The minimum atomic E-state index is -0.848. The van der Waals surface area contributed by atoms with E-state index in [0.717, 1.165) is 44.9 Å². The molecule has 3 N–H and O–H groups in total. The minimum Gasteiger partial charge on any atom is -0.466 e. The van der Waals surface area contributed by atoms with Crippen LogP contribution in [0.2, 0.25) is 0 Å². The van der Waals surface area contributed by atoms with Gasteiger partial charge in [0.15, 0.2) is 0 Å². The van der Waals surface area contributed by atoms with Gasteiger partial charge in [0.05, 0.1) is 25.4 Å². The van der Waals surface area contributed by atoms with E-state index in [1.165, 1.54) is 270 Å². The quantitative estimate of drug-likeness (QED) is 0.0321. The number of ether oxygens (including phenoxy) is 1. The second-order valence-corrected chi connectivity index (χ2v) is 21.4. The fourth-order valence-electron chi connectivity index (χ4n) is 9.69. The van der Waals surface area contributed by atoms with E-state index in [1.54, 1.807) is 6.08 Å². The molecule has 0 bridgehead atoms. The molecule has 0 aliphatic rings. The topological polar surface area (TPSA) is 95.9 Å². The lowest BCUT2D eigenvalue weighted by Crippen LogP contribution is -2.45. The van der Waals surface area contributed by atoms with Gasteiger partial charge in [0.2, 0.25) is 5.91 Å². The van der Waals surface area contributed by atoms with Gasteiger partial charge < -0.3 is 20.3 Å². The number of allylic oxidation sites excluding steroid dienone is 3. The maximum atomic E-state index is 12.5. The number of hydrogen-bond donors (Lipinski definition) is 3. The minimum absolute atomic E-state index is 0.00225. The molecule has 0 aliphatic heterocycles. The maximum Gasteiger partial charge on any atom is 0.305 e. The van der Waals surface area contributed by atoms with Crippen LogP contribution < -0.4 is 5.32 Å². The number of esters is 1. The zero-order valence-corrected chi connectivity index (χ0v) is 46.6. The van der Waals surface area contributed by atoms with Gasteiger partial charge in [-0.15, -0.1) is 0 Å². The number of amides is 1. The van der Waals surface area contributed by atoms with E-state index in [2.05, 4.69) is 31.3 Å². The first kappa shape index (κ1) is 67.3. The lowest BCUT2D eigenvalue weighted by Gasteiger charge is -2.20. The van der Waals surface area contributed by atoms with Crippen molar-refractivity contribution in [1.29, 1.82) is 0 Å². The van der Waals surface area contributed by atoms with Gasteiger partial charge in [-0.3, -0.25) is 9.59 Å². The molecule has 0 heterocycles. The molecule has 2 unspecified atom stereocenters. The number of rotatable bonds is 58. The molecule has 0 radical (unpaired) electrons. The summed E-state index contributed by atoms with van der Waals surface area (Å²) in [6.45, 7) is 4.90. The lowest BCUT2D eigenvalue weighted by atomic mass is 10.0. The lowest BCUT2D eigenvalue weighted by molar-refractivity contribution is -0.143. The van der Waals surface area contributed by atoms with Gasteiger partial charge >= 0.3 is 5.97 Å². The molecule has 0 spiro atoms. The van der Waals surface area contributed by atoms with Crippen LogP contribution in [-0.2, 0) is 14.3 Å². The van der Waals surface area contributed by atoms with Crippen LogP contribution in [0.15, 0.2) is 24.3 Å². The highest BCUT2D eigenvalue weighted by Gasteiger charge is 2.18. The first-order valence-electron chi connectivity index (χ1n) is 31.1. The Hall–Kier alpha value is -1.66. The standard InChI is InChI=1S/C63H121NO5/c1-3-5-7-9-11-13-15-17-18-19-20-21-22-25-28-32-35-39-43-47-51-55-61(66)60(59-65)64-62(67)56-52-48-44-40-36-33-29-26-23-24-27-30-34-38-42-46-50-54-58-69-63(68)57-53-49-45-41-37-31-16-14-12-10-8-6-4-2/h14,16,51,55,60-61,65-66H,3-13,15,17-50,52-54,56-59H2,1-2H3,(H,64,67)/b16-14-,55-51+. The molecule has 69 heavy (non-hydrogen) atoms. The predicted octanol–water partition coefficient (Wildman–Crippen LogP) is 19.4. The van der Waals surface area contributed by atoms with E-state index in [9.17, 15) is 19.8 Å². The van der Waals surface area contributed by atoms with Gasteiger partial charge in [0.25, 0.3) is 0 Å². The van der Waals surface area contributed by atoms with Crippen LogP contribution in [0.25, 0.3) is 0 Å². The number of aliphatic hydroxyl groups is 2. The summed E-state index contributed by atoms with van der Waals surface area (Å²) in [6.07, 6.45) is 72.1. The van der Waals surface area contributed by atoms with Crippen molar-refractivity contribution >= 4 is 11.9 Å². The third kappa shape index (κ3) is 55.5. The summed E-state index contributed by atoms with van der Waals surface area (Å²) in [5, 5.41) is 23.2. The summed E-state index contributed by atoms with van der Waals surface area (Å²) in [5.41, 5.74) is 0. The zero-order chi connectivity index (χ0) is 50.0. The molecule has 0 rings (SSSR count). The summed E-state index contributed by atoms with van der Waals surface area (Å²) in [5.74, 6) is -0.0713. The van der Waals surface area contributed by atoms with E-state index < -0.39 is 12.1 Å². The van der Waals surface area contributed by atoms with Crippen molar-refractivity contribution in [2.75, 3.05) is 13.2 Å². The van der Waals surface area contributed by atoms with Crippen LogP contribution in [-0.4, -0.2) is 47.4 Å². The average molecular weight is 973 g/mol. The molecule has 0 aromatic rings. The number of aliphatic hydroxyl groups excluding tert-OH is 2. The second-order valence-electron chi connectivity index (χ2n) is 21.4. The molecule has 0 saturated heterocycles. The van der Waals surface area contributed by atoms with Crippen molar-refractivity contribution in [2.45, 2.75) is 353 Å². The normalized spacial score (nSPS) is 12.7. The summed E-state index contributed by atoms with van der Waals surface area (Å²) in [7, 11) is 0. The van der Waals surface area contributed by atoms with Gasteiger partial charge in [0, 0.05) is 12.8 Å². The fraction of sp³-hybridized carbons (Fsp3) is 0.905. The molecule has 0 aliphatic carbocycles. The van der Waals surface area contributed by atoms with Gasteiger partial charge in [-0.2, -0.15) is 0 Å². The molecule has 2 atom stereocenters. The summed E-state index contributed by atoms with van der Waals surface area (Å²) < 4.78 is 5.47. The molecule has 0 fully saturated rings. The number of carbonyl (C=O) groups is 2. The van der Waals surface area contributed by atoms with E-state index in [0.29, 0.717) is 19.4 Å². The highest BCUT2D eigenvalue weighted by Crippen LogP contribution is 2.18. The molecule has 0 saturated carbocycles. The Bertz CT molecular complexity index is 1080. The van der Waals surface area contributed by atoms with Gasteiger partial charge in [-0.05, 0) is 57.8 Å². The van der Waals surface area contributed by atoms with Crippen molar-refractivity contribution < 1.29 is 24.5 Å². The molecule has 6 nitrogen and oxygen atoms in total. The molecule has 408 valence electrons. The van der Waals surface area contributed by atoms with Crippen molar-refractivity contribution in [3.8, 4) is 0 Å². The molecular formula is C63H121NO5.